The van der Waals surface area contributed by atoms with Gasteiger partial charge in [-0.3, -0.25) is 9.59 Å². The number of amides is 2. The van der Waals surface area contributed by atoms with Crippen LogP contribution >= 0.6 is 23.4 Å². The van der Waals surface area contributed by atoms with Crippen molar-refractivity contribution in [3.05, 3.63) is 64.4 Å². The monoisotopic (exact) mass is 420 g/mol. The molecule has 0 N–H and O–H groups in total. The molecule has 28 heavy (non-hydrogen) atoms. The molecule has 0 aliphatic carbocycles. The highest BCUT2D eigenvalue weighted by Crippen LogP contribution is 2.55. The Bertz CT molecular complexity index is 957. The Morgan fingerprint density at radius 1 is 1.32 bits per heavy atom. The molecule has 2 aromatic carbocycles. The molecule has 0 saturated carbocycles. The van der Waals surface area contributed by atoms with Gasteiger partial charge >= 0.3 is 0 Å². The van der Waals surface area contributed by atoms with Gasteiger partial charge < -0.3 is 14.5 Å². The normalized spacial score (nSPS) is 20.9. The van der Waals surface area contributed by atoms with Crippen molar-refractivity contribution in [2.45, 2.75) is 11.4 Å². The van der Waals surface area contributed by atoms with Crippen molar-refractivity contribution < 1.29 is 18.7 Å². The Balaban J connectivity index is 1.81. The molecule has 5 nitrogen and oxygen atoms in total. The lowest BCUT2D eigenvalue weighted by Gasteiger charge is -2.33. The number of carbonyl (C=O) groups is 2. The van der Waals surface area contributed by atoms with Gasteiger partial charge in [-0.1, -0.05) is 29.8 Å². The molecule has 2 aromatic rings. The zero-order valence-corrected chi connectivity index (χ0v) is 16.7. The Morgan fingerprint density at radius 2 is 2.11 bits per heavy atom. The van der Waals surface area contributed by atoms with E-state index in [1.807, 2.05) is 0 Å². The lowest BCUT2D eigenvalue weighted by Crippen LogP contribution is -2.51. The first-order chi connectivity index (χ1) is 13.5. The fourth-order valence-electron chi connectivity index (χ4n) is 3.80. The zero-order valence-electron chi connectivity index (χ0n) is 15.2. The predicted octanol–water partition coefficient (Wildman–Crippen LogP) is 3.40. The molecule has 0 bridgehead atoms. The first kappa shape index (κ1) is 19.2. The number of hydrogen-bond acceptors (Lipinski definition) is 4. The minimum Gasteiger partial charge on any atom is -0.375 e. The molecule has 1 atom stereocenters. The van der Waals surface area contributed by atoms with Crippen LogP contribution in [0.5, 0.6) is 0 Å². The van der Waals surface area contributed by atoms with Gasteiger partial charge in [-0.05, 0) is 24.3 Å². The molecule has 1 saturated heterocycles. The Morgan fingerprint density at radius 3 is 2.86 bits per heavy atom. The van der Waals surface area contributed by atoms with Crippen molar-refractivity contribution >= 4 is 40.9 Å². The molecule has 146 valence electrons. The highest BCUT2D eigenvalue weighted by molar-refractivity contribution is 8.01. The summed E-state index contributed by atoms with van der Waals surface area (Å²) in [5, 5.41) is 0.477. The van der Waals surface area contributed by atoms with Crippen molar-refractivity contribution in [3.63, 3.8) is 0 Å². The van der Waals surface area contributed by atoms with Crippen LogP contribution in [-0.2, 0) is 25.7 Å². The van der Waals surface area contributed by atoms with E-state index in [1.54, 1.807) is 41.3 Å². The van der Waals surface area contributed by atoms with Crippen LogP contribution in [0.15, 0.2) is 42.5 Å². The molecule has 2 aliphatic rings. The Labute approximate surface area is 171 Å². The minimum absolute atomic E-state index is 0.0781. The number of benzene rings is 2. The third-order valence-electron chi connectivity index (χ3n) is 5.01. The standard InChI is InChI=1S/C20H18ClFN2O3S/c1-27-12-18(25)24-8-9-28-20(24)15-10-14(21)6-7-17(15)23(19(20)26)11-13-4-2-3-5-16(13)22/h2-7,10H,8-9,11-12H2,1H3. The lowest BCUT2D eigenvalue weighted by atomic mass is 10.1. The number of rotatable bonds is 4. The van der Waals surface area contributed by atoms with Gasteiger partial charge in [0.15, 0.2) is 4.87 Å². The van der Waals surface area contributed by atoms with Crippen LogP contribution in [0.4, 0.5) is 10.1 Å². The van der Waals surface area contributed by atoms with Crippen LogP contribution < -0.4 is 4.90 Å². The zero-order chi connectivity index (χ0) is 19.9. The first-order valence-electron chi connectivity index (χ1n) is 8.78. The van der Waals surface area contributed by atoms with Crippen molar-refractivity contribution in [2.75, 3.05) is 30.9 Å². The van der Waals surface area contributed by atoms with Crippen LogP contribution in [0.2, 0.25) is 5.02 Å². The van der Waals surface area contributed by atoms with Gasteiger partial charge in [0.25, 0.3) is 5.91 Å². The fourth-order valence-corrected chi connectivity index (χ4v) is 5.44. The second-order valence-electron chi connectivity index (χ2n) is 6.62. The number of anilines is 1. The lowest BCUT2D eigenvalue weighted by molar-refractivity contribution is -0.143. The van der Waals surface area contributed by atoms with E-state index < -0.39 is 4.87 Å². The summed E-state index contributed by atoms with van der Waals surface area (Å²) in [4.78, 5) is 28.2. The molecule has 2 amide bonds. The molecular weight excluding hydrogens is 403 g/mol. The summed E-state index contributed by atoms with van der Waals surface area (Å²) in [7, 11) is 1.44. The summed E-state index contributed by atoms with van der Waals surface area (Å²) in [6, 6.07) is 11.5. The maximum absolute atomic E-state index is 14.2. The molecule has 4 rings (SSSR count). The molecule has 1 fully saturated rings. The summed E-state index contributed by atoms with van der Waals surface area (Å²) in [5.41, 5.74) is 1.71. The largest absolute Gasteiger partial charge is 0.375 e. The van der Waals surface area contributed by atoms with E-state index in [0.717, 1.165) is 0 Å². The highest BCUT2D eigenvalue weighted by Gasteiger charge is 2.59. The van der Waals surface area contributed by atoms with Gasteiger partial charge in [0, 0.05) is 35.6 Å². The second kappa shape index (κ2) is 7.39. The summed E-state index contributed by atoms with van der Waals surface area (Å²) >= 11 is 7.63. The highest BCUT2D eigenvalue weighted by atomic mass is 35.5. The van der Waals surface area contributed by atoms with Crippen LogP contribution in [0.25, 0.3) is 0 Å². The topological polar surface area (TPSA) is 49.9 Å². The molecule has 1 spiro atoms. The third kappa shape index (κ3) is 2.89. The molecule has 0 radical (unpaired) electrons. The maximum atomic E-state index is 14.2. The van der Waals surface area contributed by atoms with E-state index in [-0.39, 0.29) is 30.8 Å². The van der Waals surface area contributed by atoms with Gasteiger partial charge in [-0.15, -0.1) is 11.8 Å². The van der Waals surface area contributed by atoms with Gasteiger partial charge in [0.05, 0.1) is 12.2 Å². The number of fused-ring (bicyclic) bond motifs is 2. The predicted molar refractivity (Wildman–Crippen MR) is 107 cm³/mol. The van der Waals surface area contributed by atoms with Gasteiger partial charge in [-0.25, -0.2) is 4.39 Å². The van der Waals surface area contributed by atoms with Gasteiger partial charge in [0.2, 0.25) is 5.91 Å². The van der Waals surface area contributed by atoms with E-state index in [9.17, 15) is 14.0 Å². The minimum atomic E-state index is -1.19. The number of carbonyl (C=O) groups excluding carboxylic acids is 2. The first-order valence-corrected chi connectivity index (χ1v) is 10.1. The maximum Gasteiger partial charge on any atom is 0.268 e. The van der Waals surface area contributed by atoms with Crippen molar-refractivity contribution in [3.8, 4) is 0 Å². The third-order valence-corrected chi connectivity index (χ3v) is 6.67. The van der Waals surface area contributed by atoms with Crippen molar-refractivity contribution in [1.29, 1.82) is 0 Å². The van der Waals surface area contributed by atoms with E-state index in [0.29, 0.717) is 34.1 Å². The van der Waals surface area contributed by atoms with Crippen molar-refractivity contribution in [1.82, 2.24) is 4.90 Å². The number of ether oxygens (including phenoxy) is 1. The van der Waals surface area contributed by atoms with E-state index in [4.69, 9.17) is 16.3 Å². The Hall–Kier alpha value is -2.09. The summed E-state index contributed by atoms with van der Waals surface area (Å²) in [6.45, 7) is 0.394. The molecular formula is C20H18ClFN2O3S. The quantitative estimate of drug-likeness (QED) is 0.760. The van der Waals surface area contributed by atoms with E-state index >= 15 is 0 Å². The van der Waals surface area contributed by atoms with Crippen LogP contribution in [-0.4, -0.2) is 42.7 Å². The molecule has 8 heteroatoms. The Kier molecular flexibility index (Phi) is 5.07. The SMILES string of the molecule is COCC(=O)N1CCSC12C(=O)N(Cc1ccccc1F)c1ccc(Cl)cc12. The molecule has 1 unspecified atom stereocenters. The number of hydrogen-bond donors (Lipinski definition) is 0. The van der Waals surface area contributed by atoms with Gasteiger partial charge in [-0.2, -0.15) is 0 Å². The van der Waals surface area contributed by atoms with E-state index in [1.165, 1.54) is 29.8 Å². The summed E-state index contributed by atoms with van der Waals surface area (Å²) in [6.07, 6.45) is 0. The number of nitrogens with zero attached hydrogens (tertiary/aromatic N) is 2. The van der Waals surface area contributed by atoms with Crippen molar-refractivity contribution in [2.24, 2.45) is 0 Å². The number of thioether (sulfide) groups is 1. The average Bonchev–Trinajstić information content (AvgIpc) is 3.21. The molecule has 2 aliphatic heterocycles. The molecule has 2 heterocycles. The second-order valence-corrected chi connectivity index (χ2v) is 8.34. The smallest absolute Gasteiger partial charge is 0.268 e. The van der Waals surface area contributed by atoms with Gasteiger partial charge in [0.1, 0.15) is 12.4 Å². The summed E-state index contributed by atoms with van der Waals surface area (Å²) < 4.78 is 19.2. The van der Waals surface area contributed by atoms with E-state index in [2.05, 4.69) is 0 Å². The number of methoxy groups -OCH3 is 1. The van der Waals surface area contributed by atoms with Crippen LogP contribution in [0, 0.1) is 5.82 Å². The van der Waals surface area contributed by atoms with Crippen LogP contribution in [0.1, 0.15) is 11.1 Å². The molecule has 0 aromatic heterocycles. The average molecular weight is 421 g/mol. The van der Waals surface area contributed by atoms with Crippen LogP contribution in [0.3, 0.4) is 0 Å². The number of halogens is 2. The summed E-state index contributed by atoms with van der Waals surface area (Å²) in [5.74, 6) is -0.293. The fraction of sp³-hybridized carbons (Fsp3) is 0.300.